The van der Waals surface area contributed by atoms with Crippen LogP contribution in [-0.2, 0) is 0 Å². The molecule has 0 spiro atoms. The van der Waals surface area contributed by atoms with Crippen LogP contribution in [0.3, 0.4) is 0 Å². The van der Waals surface area contributed by atoms with Gasteiger partial charge in [0.2, 0.25) is 0 Å². The minimum Gasteiger partial charge on any atom is -0.495 e. The third kappa shape index (κ3) is 5.72. The van der Waals surface area contributed by atoms with Crippen molar-refractivity contribution in [3.8, 4) is 5.75 Å². The molecule has 0 bridgehead atoms. The van der Waals surface area contributed by atoms with Crippen molar-refractivity contribution in [1.82, 2.24) is 15.2 Å². The van der Waals surface area contributed by atoms with Gasteiger partial charge in [-0.05, 0) is 36.6 Å². The summed E-state index contributed by atoms with van der Waals surface area (Å²) in [5.74, 6) is 3.61. The smallest absolute Gasteiger partial charge is 0.193 e. The third-order valence-electron chi connectivity index (χ3n) is 6.02. The van der Waals surface area contributed by atoms with E-state index in [-0.39, 0.29) is 24.0 Å². The number of nitrogens with one attached hydrogen (secondary N) is 1. The van der Waals surface area contributed by atoms with E-state index >= 15 is 0 Å². The zero-order valence-corrected chi connectivity index (χ0v) is 20.7. The minimum atomic E-state index is 0. The lowest BCUT2D eigenvalue weighted by Crippen LogP contribution is -2.53. The van der Waals surface area contributed by atoms with E-state index in [1.165, 1.54) is 12.1 Å². The maximum Gasteiger partial charge on any atom is 0.193 e. The fourth-order valence-electron chi connectivity index (χ4n) is 4.37. The quantitative estimate of drug-likeness (QED) is 0.361. The number of anilines is 2. The molecule has 7 nitrogen and oxygen atoms in total. The average molecular weight is 536 g/mol. The maximum atomic E-state index is 5.54. The molecule has 0 saturated carbocycles. The Morgan fingerprint density at radius 2 is 1.84 bits per heavy atom. The fraction of sp³-hybridized carbons (Fsp3) is 0.478. The van der Waals surface area contributed by atoms with Crippen LogP contribution in [0.15, 0.2) is 53.7 Å². The van der Waals surface area contributed by atoms with Crippen LogP contribution in [0.5, 0.6) is 5.75 Å². The Labute approximate surface area is 202 Å². The number of hydrogen-bond acceptors (Lipinski definition) is 5. The van der Waals surface area contributed by atoms with Gasteiger partial charge in [-0.1, -0.05) is 18.2 Å². The highest BCUT2D eigenvalue weighted by Crippen LogP contribution is 2.31. The molecule has 1 aromatic heterocycles. The standard InChI is InChI=1S/C23H32N6O.HI/c1-24-23(28-15-13-27(14-16-28)22-9-5-6-11-25-22)26-17-19-10-12-29(18-19)20-7-3-4-8-21(20)30-2;/h3-9,11,19H,10,12-18H2,1-2H3,(H,24,26);1H. The molecule has 2 saturated heterocycles. The van der Waals surface area contributed by atoms with Gasteiger partial charge in [0.15, 0.2) is 5.96 Å². The number of rotatable bonds is 5. The Balaban J connectivity index is 0.00000272. The average Bonchev–Trinajstić information content (AvgIpc) is 3.29. The van der Waals surface area contributed by atoms with Gasteiger partial charge >= 0.3 is 0 Å². The highest BCUT2D eigenvalue weighted by Gasteiger charge is 2.26. The van der Waals surface area contributed by atoms with Crippen LogP contribution in [0.25, 0.3) is 0 Å². The highest BCUT2D eigenvalue weighted by atomic mass is 127. The van der Waals surface area contributed by atoms with Gasteiger partial charge in [-0.2, -0.15) is 0 Å². The first-order valence-corrected chi connectivity index (χ1v) is 10.8. The van der Waals surface area contributed by atoms with Crippen molar-refractivity contribution in [3.05, 3.63) is 48.7 Å². The molecule has 4 rings (SSSR count). The summed E-state index contributed by atoms with van der Waals surface area (Å²) in [6, 6.07) is 14.4. The van der Waals surface area contributed by atoms with Crippen LogP contribution >= 0.6 is 24.0 Å². The molecule has 2 aliphatic heterocycles. The second-order valence-electron chi connectivity index (χ2n) is 7.86. The number of benzene rings is 1. The van der Waals surface area contributed by atoms with Crippen molar-refractivity contribution in [3.63, 3.8) is 0 Å². The van der Waals surface area contributed by atoms with Crippen molar-refractivity contribution >= 4 is 41.4 Å². The number of halogens is 1. The summed E-state index contributed by atoms with van der Waals surface area (Å²) in [5.41, 5.74) is 1.19. The van der Waals surface area contributed by atoms with Crippen LogP contribution in [-0.4, -0.2) is 75.8 Å². The Morgan fingerprint density at radius 3 is 2.55 bits per heavy atom. The van der Waals surface area contributed by atoms with E-state index in [1.54, 1.807) is 7.11 Å². The number of guanidine groups is 1. The van der Waals surface area contributed by atoms with Crippen LogP contribution < -0.4 is 19.9 Å². The summed E-state index contributed by atoms with van der Waals surface area (Å²) < 4.78 is 5.54. The molecule has 3 heterocycles. The van der Waals surface area contributed by atoms with Gasteiger partial charge in [0.25, 0.3) is 0 Å². The number of aliphatic imine (C=N–C) groups is 1. The van der Waals surface area contributed by atoms with Crippen molar-refractivity contribution in [2.45, 2.75) is 6.42 Å². The topological polar surface area (TPSA) is 56.2 Å². The number of para-hydroxylation sites is 2. The van der Waals surface area contributed by atoms with Gasteiger partial charge in [-0.3, -0.25) is 4.99 Å². The number of aromatic nitrogens is 1. The molecule has 0 amide bonds. The molecule has 2 aliphatic rings. The van der Waals surface area contributed by atoms with Crippen LogP contribution in [0, 0.1) is 5.92 Å². The van der Waals surface area contributed by atoms with Gasteiger partial charge in [-0.25, -0.2) is 4.98 Å². The summed E-state index contributed by atoms with van der Waals surface area (Å²) in [6.07, 6.45) is 3.04. The molecule has 0 radical (unpaired) electrons. The lowest BCUT2D eigenvalue weighted by Gasteiger charge is -2.37. The second kappa shape index (κ2) is 11.4. The molecule has 0 aliphatic carbocycles. The summed E-state index contributed by atoms with van der Waals surface area (Å²) >= 11 is 0. The predicted molar refractivity (Wildman–Crippen MR) is 138 cm³/mol. The molecule has 1 atom stereocenters. The molecule has 8 heteroatoms. The number of piperazine rings is 1. The summed E-state index contributed by atoms with van der Waals surface area (Å²) in [6.45, 7) is 6.87. The van der Waals surface area contributed by atoms with Gasteiger partial charge in [0.05, 0.1) is 12.8 Å². The molecule has 2 fully saturated rings. The zero-order chi connectivity index (χ0) is 20.8. The molecule has 1 N–H and O–H groups in total. The number of pyridine rings is 1. The molecule has 2 aromatic rings. The van der Waals surface area contributed by atoms with E-state index in [2.05, 4.69) is 48.2 Å². The maximum absolute atomic E-state index is 5.54. The third-order valence-corrected chi connectivity index (χ3v) is 6.02. The number of hydrogen-bond donors (Lipinski definition) is 1. The zero-order valence-electron chi connectivity index (χ0n) is 18.4. The van der Waals surface area contributed by atoms with E-state index in [9.17, 15) is 0 Å². The molecule has 168 valence electrons. The molecular formula is C23H33IN6O. The molecule has 1 unspecified atom stereocenters. The Morgan fingerprint density at radius 1 is 1.06 bits per heavy atom. The number of ether oxygens (including phenoxy) is 1. The lowest BCUT2D eigenvalue weighted by atomic mass is 10.1. The summed E-state index contributed by atoms with van der Waals surface area (Å²) in [4.78, 5) is 16.1. The van der Waals surface area contributed by atoms with Crippen LogP contribution in [0.1, 0.15) is 6.42 Å². The van der Waals surface area contributed by atoms with Crippen LogP contribution in [0.4, 0.5) is 11.5 Å². The van der Waals surface area contributed by atoms with E-state index in [4.69, 9.17) is 4.74 Å². The summed E-state index contributed by atoms with van der Waals surface area (Å²) in [5, 5.41) is 3.62. The SMILES string of the molecule is CN=C(NCC1CCN(c2ccccc2OC)C1)N1CCN(c2ccccn2)CC1.I. The first-order chi connectivity index (χ1) is 14.8. The number of nitrogens with zero attached hydrogens (tertiary/aromatic N) is 5. The minimum absolute atomic E-state index is 0. The second-order valence-corrected chi connectivity index (χ2v) is 7.86. The lowest BCUT2D eigenvalue weighted by molar-refractivity contribution is 0.368. The normalized spacial score (nSPS) is 19.2. The van der Waals surface area contributed by atoms with Crippen molar-refractivity contribution in [1.29, 1.82) is 0 Å². The van der Waals surface area contributed by atoms with Crippen molar-refractivity contribution in [2.75, 3.05) is 69.8 Å². The molecule has 1 aromatic carbocycles. The van der Waals surface area contributed by atoms with Gasteiger partial charge in [-0.15, -0.1) is 24.0 Å². The monoisotopic (exact) mass is 536 g/mol. The Kier molecular flexibility index (Phi) is 8.62. The van der Waals surface area contributed by atoms with Gasteiger partial charge in [0, 0.05) is 59.1 Å². The van der Waals surface area contributed by atoms with Crippen LogP contribution in [0.2, 0.25) is 0 Å². The Bertz CT molecular complexity index is 841. The fourth-order valence-corrected chi connectivity index (χ4v) is 4.37. The van der Waals surface area contributed by atoms with Crippen molar-refractivity contribution in [2.24, 2.45) is 10.9 Å². The highest BCUT2D eigenvalue weighted by molar-refractivity contribution is 14.0. The molecule has 31 heavy (non-hydrogen) atoms. The largest absolute Gasteiger partial charge is 0.495 e. The molecular weight excluding hydrogens is 503 g/mol. The van der Waals surface area contributed by atoms with Gasteiger partial charge < -0.3 is 24.8 Å². The predicted octanol–water partition coefficient (Wildman–Crippen LogP) is 2.93. The van der Waals surface area contributed by atoms with Gasteiger partial charge in [0.1, 0.15) is 11.6 Å². The Hall–Kier alpha value is -2.23. The first kappa shape index (κ1) is 23.4. The van der Waals surface area contributed by atoms with E-state index in [1.807, 2.05) is 37.5 Å². The number of methoxy groups -OCH3 is 1. The van der Waals surface area contributed by atoms with E-state index in [0.29, 0.717) is 5.92 Å². The van der Waals surface area contributed by atoms with E-state index < -0.39 is 0 Å². The summed E-state index contributed by atoms with van der Waals surface area (Å²) in [7, 11) is 3.62. The van der Waals surface area contributed by atoms with Crippen molar-refractivity contribution < 1.29 is 4.74 Å². The first-order valence-electron chi connectivity index (χ1n) is 10.8. The van der Waals surface area contributed by atoms with E-state index in [0.717, 1.165) is 63.3 Å².